The van der Waals surface area contributed by atoms with Crippen LogP contribution in [0.2, 0.25) is 5.02 Å². The molecule has 0 spiro atoms. The summed E-state index contributed by atoms with van der Waals surface area (Å²) in [6, 6.07) is 5.42. The number of hydrogen-bond acceptors (Lipinski definition) is 2. The van der Waals surface area contributed by atoms with Crippen molar-refractivity contribution < 1.29 is 4.74 Å². The number of pyridine rings is 1. The first-order valence-corrected chi connectivity index (χ1v) is 9.69. The van der Waals surface area contributed by atoms with E-state index in [4.69, 9.17) is 16.3 Å². The Balaban J connectivity index is 2.67. The first-order valence-electron chi connectivity index (χ1n) is 7.73. The van der Waals surface area contributed by atoms with Crippen molar-refractivity contribution in [2.75, 3.05) is 7.11 Å². The van der Waals surface area contributed by atoms with Crippen molar-refractivity contribution in [2.24, 2.45) is 7.05 Å². The summed E-state index contributed by atoms with van der Waals surface area (Å²) in [5.74, 6) is 0.511. The van der Waals surface area contributed by atoms with Crippen LogP contribution in [0.5, 0.6) is 5.75 Å². The highest BCUT2D eigenvalue weighted by molar-refractivity contribution is 9.24. The summed E-state index contributed by atoms with van der Waals surface area (Å²) < 4.78 is 6.75. The lowest BCUT2D eigenvalue weighted by molar-refractivity contribution is 0.416. The van der Waals surface area contributed by atoms with Gasteiger partial charge >= 0.3 is 0 Å². The molecule has 0 fully saturated rings. The van der Waals surface area contributed by atoms with Crippen molar-refractivity contribution in [1.82, 2.24) is 4.57 Å². The second kappa shape index (κ2) is 8.07. The minimum Gasteiger partial charge on any atom is -0.495 e. The largest absolute Gasteiger partial charge is 0.495 e. The molecule has 1 heterocycles. The minimum absolute atomic E-state index is 0.0430. The van der Waals surface area contributed by atoms with Crippen LogP contribution >= 0.6 is 43.5 Å². The van der Waals surface area contributed by atoms with E-state index in [0.717, 1.165) is 19.3 Å². The smallest absolute Gasteiger partial charge is 0.194 e. The third-order valence-electron chi connectivity index (χ3n) is 3.85. The number of hydrogen-bond donors (Lipinski definition) is 0. The fourth-order valence-corrected chi connectivity index (χ4v) is 4.00. The van der Waals surface area contributed by atoms with Gasteiger partial charge in [-0.15, -0.1) is 0 Å². The van der Waals surface area contributed by atoms with Crippen LogP contribution in [-0.4, -0.2) is 11.7 Å². The van der Waals surface area contributed by atoms with Gasteiger partial charge in [0.1, 0.15) is 8.98 Å². The van der Waals surface area contributed by atoms with Gasteiger partial charge in [0.25, 0.3) is 0 Å². The number of ether oxygens (including phenoxy) is 1. The predicted octanol–water partition coefficient (Wildman–Crippen LogP) is 5.85. The molecule has 1 aromatic heterocycles. The summed E-state index contributed by atoms with van der Waals surface area (Å²) in [5, 5.41) is 0.484. The SMILES string of the molecule is CCCCC(Br)(Br)c1cn(C)cc(-c2cccc(Cl)c2OC)c1=O. The van der Waals surface area contributed by atoms with E-state index in [0.29, 0.717) is 27.5 Å². The summed E-state index contributed by atoms with van der Waals surface area (Å²) in [6.07, 6.45) is 6.53. The molecular weight excluding hydrogens is 457 g/mol. The molecule has 0 aliphatic carbocycles. The topological polar surface area (TPSA) is 31.2 Å². The third-order valence-corrected chi connectivity index (χ3v) is 5.80. The Morgan fingerprint density at radius 3 is 2.58 bits per heavy atom. The zero-order chi connectivity index (χ0) is 17.9. The Labute approximate surface area is 164 Å². The average molecular weight is 478 g/mol. The van der Waals surface area contributed by atoms with Crippen molar-refractivity contribution in [2.45, 2.75) is 29.4 Å². The van der Waals surface area contributed by atoms with E-state index in [1.807, 2.05) is 29.9 Å². The molecular formula is C18H20Br2ClNO2. The number of halogens is 3. The highest BCUT2D eigenvalue weighted by Crippen LogP contribution is 2.42. The average Bonchev–Trinajstić information content (AvgIpc) is 2.54. The maximum atomic E-state index is 13.1. The number of unbranched alkanes of at least 4 members (excludes halogenated alkanes) is 1. The highest BCUT2D eigenvalue weighted by atomic mass is 79.9. The van der Waals surface area contributed by atoms with Gasteiger partial charge in [0, 0.05) is 36.1 Å². The molecule has 0 amide bonds. The fraction of sp³-hybridized carbons (Fsp3) is 0.389. The number of alkyl halides is 2. The van der Waals surface area contributed by atoms with Crippen molar-refractivity contribution in [3.63, 3.8) is 0 Å². The van der Waals surface area contributed by atoms with Gasteiger partial charge in [-0.3, -0.25) is 4.79 Å². The first-order chi connectivity index (χ1) is 11.3. The first kappa shape index (κ1) is 19.5. The van der Waals surface area contributed by atoms with Crippen LogP contribution in [0, 0.1) is 0 Å². The van der Waals surface area contributed by atoms with E-state index in [-0.39, 0.29) is 5.43 Å². The molecule has 0 radical (unpaired) electrons. The quantitative estimate of drug-likeness (QED) is 0.489. The van der Waals surface area contributed by atoms with Gasteiger partial charge in [0.15, 0.2) is 5.43 Å². The predicted molar refractivity (Wildman–Crippen MR) is 108 cm³/mol. The van der Waals surface area contributed by atoms with Gasteiger partial charge in [0.05, 0.1) is 12.1 Å². The van der Waals surface area contributed by atoms with E-state index in [1.54, 1.807) is 19.4 Å². The Kier molecular flexibility index (Phi) is 6.57. The molecule has 1 aromatic carbocycles. The number of aromatic nitrogens is 1. The normalized spacial score (nSPS) is 11.6. The molecule has 24 heavy (non-hydrogen) atoms. The number of methoxy groups -OCH3 is 1. The maximum Gasteiger partial charge on any atom is 0.194 e. The standard InChI is InChI=1S/C18H20Br2ClNO2/c1-4-5-9-18(19,20)14-11-22(2)10-13(16(14)23)12-7-6-8-15(21)17(12)24-3/h6-8,10-11H,4-5,9H2,1-3H3. The second-order valence-electron chi connectivity index (χ2n) is 5.71. The van der Waals surface area contributed by atoms with Crippen LogP contribution in [0.3, 0.4) is 0 Å². The summed E-state index contributed by atoms with van der Waals surface area (Å²) in [4.78, 5) is 13.1. The van der Waals surface area contributed by atoms with Gasteiger partial charge in [-0.25, -0.2) is 0 Å². The van der Waals surface area contributed by atoms with E-state index in [9.17, 15) is 4.79 Å². The molecule has 3 nitrogen and oxygen atoms in total. The minimum atomic E-state index is -0.549. The van der Waals surface area contributed by atoms with Gasteiger partial charge < -0.3 is 9.30 Å². The molecule has 0 aliphatic rings. The second-order valence-corrected chi connectivity index (χ2v) is 9.89. The Hall–Kier alpha value is -0.780. The van der Waals surface area contributed by atoms with Crippen molar-refractivity contribution >= 4 is 43.5 Å². The zero-order valence-corrected chi connectivity index (χ0v) is 17.8. The van der Waals surface area contributed by atoms with Crippen molar-refractivity contribution in [3.8, 4) is 16.9 Å². The van der Waals surface area contributed by atoms with Gasteiger partial charge in [0.2, 0.25) is 0 Å². The Morgan fingerprint density at radius 2 is 1.96 bits per heavy atom. The van der Waals surface area contributed by atoms with Crippen LogP contribution in [0.4, 0.5) is 0 Å². The number of rotatable bonds is 6. The third kappa shape index (κ3) is 4.06. The van der Waals surface area contributed by atoms with E-state index in [2.05, 4.69) is 38.8 Å². The van der Waals surface area contributed by atoms with E-state index in [1.165, 1.54) is 0 Å². The molecule has 0 saturated heterocycles. The lowest BCUT2D eigenvalue weighted by Crippen LogP contribution is -2.23. The van der Waals surface area contributed by atoms with Crippen LogP contribution < -0.4 is 10.2 Å². The molecule has 2 aromatic rings. The molecule has 0 aliphatic heterocycles. The van der Waals surface area contributed by atoms with Crippen LogP contribution in [0.15, 0.2) is 35.4 Å². The molecule has 0 N–H and O–H groups in total. The van der Waals surface area contributed by atoms with E-state index >= 15 is 0 Å². The summed E-state index contributed by atoms with van der Waals surface area (Å²) >= 11 is 13.6. The summed E-state index contributed by atoms with van der Waals surface area (Å²) in [6.45, 7) is 2.13. The number of benzene rings is 1. The highest BCUT2D eigenvalue weighted by Gasteiger charge is 2.29. The van der Waals surface area contributed by atoms with Crippen LogP contribution in [-0.2, 0) is 10.3 Å². The van der Waals surface area contributed by atoms with Gasteiger partial charge in [-0.1, -0.05) is 75.4 Å². The molecule has 0 atom stereocenters. The lowest BCUT2D eigenvalue weighted by atomic mass is 10.0. The van der Waals surface area contributed by atoms with Crippen LogP contribution in [0.25, 0.3) is 11.1 Å². The summed E-state index contributed by atoms with van der Waals surface area (Å²) in [7, 11) is 3.46. The summed E-state index contributed by atoms with van der Waals surface area (Å²) in [5.41, 5.74) is 1.88. The van der Waals surface area contributed by atoms with Gasteiger partial charge in [-0.05, 0) is 12.5 Å². The Morgan fingerprint density at radius 1 is 1.25 bits per heavy atom. The number of para-hydroxylation sites is 1. The zero-order valence-electron chi connectivity index (χ0n) is 13.9. The molecule has 130 valence electrons. The maximum absolute atomic E-state index is 13.1. The monoisotopic (exact) mass is 475 g/mol. The fourth-order valence-electron chi connectivity index (χ4n) is 2.62. The van der Waals surface area contributed by atoms with Crippen molar-refractivity contribution in [1.29, 1.82) is 0 Å². The van der Waals surface area contributed by atoms with Crippen molar-refractivity contribution in [3.05, 3.63) is 51.4 Å². The number of nitrogens with zero attached hydrogens (tertiary/aromatic N) is 1. The molecule has 0 bridgehead atoms. The molecule has 0 unspecified atom stereocenters. The lowest BCUT2D eigenvalue weighted by Gasteiger charge is -2.22. The Bertz CT molecular complexity index is 787. The molecule has 6 heteroatoms. The van der Waals surface area contributed by atoms with Crippen LogP contribution in [0.1, 0.15) is 31.7 Å². The van der Waals surface area contributed by atoms with E-state index < -0.39 is 3.23 Å². The molecule has 0 saturated carbocycles. The number of aryl methyl sites for hydroxylation is 1. The van der Waals surface area contributed by atoms with Gasteiger partial charge in [-0.2, -0.15) is 0 Å². The molecule has 2 rings (SSSR count).